The van der Waals surface area contributed by atoms with Crippen molar-refractivity contribution in [2.24, 2.45) is 0 Å². The van der Waals surface area contributed by atoms with Gasteiger partial charge in [0.2, 0.25) is 0 Å². The Morgan fingerprint density at radius 3 is 2.67 bits per heavy atom. The van der Waals surface area contributed by atoms with Crippen LogP contribution in [0.15, 0.2) is 17.5 Å². The van der Waals surface area contributed by atoms with E-state index in [1.54, 1.807) is 11.3 Å². The third-order valence-electron chi connectivity index (χ3n) is 0.469. The van der Waals surface area contributed by atoms with Crippen molar-refractivity contribution in [3.05, 3.63) is 17.5 Å². The van der Waals surface area contributed by atoms with Gasteiger partial charge >= 0.3 is 51.9 Å². The standard InChI is InChI=1S/C4H3S.Pt/c1-2-4-5-3-1;/h1-3H;. The van der Waals surface area contributed by atoms with Crippen LogP contribution in [0.4, 0.5) is 0 Å². The molecule has 0 aliphatic rings. The molecule has 0 unspecified atom stereocenters. The van der Waals surface area contributed by atoms with Gasteiger partial charge in [-0.3, -0.25) is 0 Å². The van der Waals surface area contributed by atoms with Crippen LogP contribution < -0.4 is 3.27 Å². The van der Waals surface area contributed by atoms with Crippen molar-refractivity contribution in [2.75, 3.05) is 0 Å². The van der Waals surface area contributed by atoms with Gasteiger partial charge in [-0.25, -0.2) is 0 Å². The predicted octanol–water partition coefficient (Wildman–Crippen LogP) is 0.920. The van der Waals surface area contributed by atoms with Crippen molar-refractivity contribution in [1.82, 2.24) is 0 Å². The van der Waals surface area contributed by atoms with Crippen LogP contribution in [0.2, 0.25) is 0 Å². The van der Waals surface area contributed by atoms with E-state index in [4.69, 9.17) is 0 Å². The molecular formula is C4H3PtS. The van der Waals surface area contributed by atoms with Crippen LogP contribution >= 0.6 is 11.3 Å². The Hall–Kier alpha value is 0.388. The molecule has 0 atom stereocenters. The van der Waals surface area contributed by atoms with Crippen molar-refractivity contribution >= 4 is 14.6 Å². The Morgan fingerprint density at radius 1 is 1.67 bits per heavy atom. The molecule has 0 saturated carbocycles. The maximum atomic E-state index is 2.28. The predicted molar refractivity (Wildman–Crippen MR) is 24.0 cm³/mol. The molecular weight excluding hydrogens is 275 g/mol. The van der Waals surface area contributed by atoms with Gasteiger partial charge < -0.3 is 0 Å². The molecule has 0 saturated heterocycles. The van der Waals surface area contributed by atoms with Gasteiger partial charge in [0.05, 0.1) is 0 Å². The molecule has 0 amide bonds. The first kappa shape index (κ1) is 4.54. The van der Waals surface area contributed by atoms with Crippen LogP contribution in [0.25, 0.3) is 0 Å². The summed E-state index contributed by atoms with van der Waals surface area (Å²) in [6.07, 6.45) is 0. The summed E-state index contributed by atoms with van der Waals surface area (Å²) in [4.78, 5) is 0. The molecule has 0 N–H and O–H groups in total. The van der Waals surface area contributed by atoms with Crippen molar-refractivity contribution < 1.29 is 19.8 Å². The summed E-state index contributed by atoms with van der Waals surface area (Å²) in [6.45, 7) is 0. The van der Waals surface area contributed by atoms with Crippen LogP contribution in [0.5, 0.6) is 0 Å². The molecule has 1 heterocycles. The van der Waals surface area contributed by atoms with E-state index >= 15 is 0 Å². The summed E-state index contributed by atoms with van der Waals surface area (Å²) in [6, 6.07) is 4.14. The van der Waals surface area contributed by atoms with Crippen molar-refractivity contribution in [2.45, 2.75) is 0 Å². The van der Waals surface area contributed by atoms with Crippen LogP contribution in [-0.2, 0) is 19.8 Å². The Labute approximate surface area is 52.1 Å². The molecule has 1 aromatic rings. The minimum absolute atomic E-state index is 1.36. The fourth-order valence-corrected chi connectivity index (χ4v) is 1.37. The molecule has 0 radical (unpaired) electrons. The van der Waals surface area contributed by atoms with Gasteiger partial charge in [0, 0.05) is 0 Å². The zero-order chi connectivity index (χ0) is 4.41. The molecule has 0 aliphatic carbocycles. The van der Waals surface area contributed by atoms with E-state index in [1.165, 1.54) is 3.27 Å². The number of hydrogen-bond acceptors (Lipinski definition) is 1. The third kappa shape index (κ3) is 0.923. The van der Waals surface area contributed by atoms with E-state index in [-0.39, 0.29) is 0 Å². The Balaban J connectivity index is 3.05. The summed E-state index contributed by atoms with van der Waals surface area (Å²) < 4.78 is 1.36. The second-order valence-corrected chi connectivity index (χ2v) is 3.81. The number of rotatable bonds is 0. The van der Waals surface area contributed by atoms with Gasteiger partial charge in [0.15, 0.2) is 0 Å². The average molecular weight is 278 g/mol. The number of hydrogen-bond donors (Lipinski definition) is 0. The molecule has 0 fully saturated rings. The van der Waals surface area contributed by atoms with E-state index < -0.39 is 0 Å². The number of thiophene rings is 1. The van der Waals surface area contributed by atoms with Crippen LogP contribution in [-0.4, -0.2) is 0 Å². The van der Waals surface area contributed by atoms with Crippen molar-refractivity contribution in [3.8, 4) is 0 Å². The SMILES string of the molecule is [Pt][c]1cccs1. The molecule has 35 valence electrons. The van der Waals surface area contributed by atoms with Gasteiger partial charge in [-0.2, -0.15) is 0 Å². The molecule has 2 heteroatoms. The maximum absolute atomic E-state index is 2.28. The van der Waals surface area contributed by atoms with Gasteiger partial charge in [0.25, 0.3) is 0 Å². The fraction of sp³-hybridized carbons (Fsp3) is 0. The van der Waals surface area contributed by atoms with Crippen molar-refractivity contribution in [3.63, 3.8) is 0 Å². The van der Waals surface area contributed by atoms with Crippen molar-refractivity contribution in [1.29, 1.82) is 0 Å². The van der Waals surface area contributed by atoms with Gasteiger partial charge in [-0.15, -0.1) is 0 Å². The molecule has 1 aromatic heterocycles. The normalized spacial score (nSPS) is 9.00. The summed E-state index contributed by atoms with van der Waals surface area (Å²) in [5.74, 6) is 0. The van der Waals surface area contributed by atoms with E-state index in [0.717, 1.165) is 0 Å². The van der Waals surface area contributed by atoms with Crippen LogP contribution in [0.3, 0.4) is 0 Å². The Kier molecular flexibility index (Phi) is 1.44. The molecule has 0 aliphatic heterocycles. The molecule has 6 heavy (non-hydrogen) atoms. The summed E-state index contributed by atoms with van der Waals surface area (Å²) >= 11 is 4.04. The first-order chi connectivity index (χ1) is 2.89. The van der Waals surface area contributed by atoms with E-state index in [2.05, 4.69) is 31.3 Å². The second kappa shape index (κ2) is 1.90. The molecule has 0 bridgehead atoms. The van der Waals surface area contributed by atoms with Gasteiger partial charge in [0.1, 0.15) is 0 Å². The molecule has 0 nitrogen and oxygen atoms in total. The fourth-order valence-electron chi connectivity index (χ4n) is 0.248. The third-order valence-corrected chi connectivity index (χ3v) is 2.29. The van der Waals surface area contributed by atoms with Gasteiger partial charge in [-0.05, 0) is 0 Å². The second-order valence-electron chi connectivity index (χ2n) is 0.887. The zero-order valence-electron chi connectivity index (χ0n) is 2.96. The summed E-state index contributed by atoms with van der Waals surface area (Å²) in [5.41, 5.74) is 0. The Bertz CT molecular complexity index is 111. The molecule has 0 spiro atoms. The first-order valence-corrected chi connectivity index (χ1v) is 3.57. The average Bonchev–Trinajstić information content (AvgIpc) is 1.86. The quantitative estimate of drug-likeness (QED) is 0.662. The minimum atomic E-state index is 1.36. The van der Waals surface area contributed by atoms with E-state index in [9.17, 15) is 0 Å². The van der Waals surface area contributed by atoms with Gasteiger partial charge in [-0.1, -0.05) is 0 Å². The van der Waals surface area contributed by atoms with E-state index in [0.29, 0.717) is 0 Å². The van der Waals surface area contributed by atoms with Crippen LogP contribution in [0, 0.1) is 0 Å². The van der Waals surface area contributed by atoms with E-state index in [1.807, 2.05) is 6.07 Å². The molecule has 1 rings (SSSR count). The summed E-state index contributed by atoms with van der Waals surface area (Å²) in [7, 11) is 0. The zero-order valence-corrected chi connectivity index (χ0v) is 6.05. The monoisotopic (exact) mass is 278 g/mol. The molecule has 0 aromatic carbocycles. The summed E-state index contributed by atoms with van der Waals surface area (Å²) in [5, 5.41) is 2.07. The van der Waals surface area contributed by atoms with Crippen LogP contribution in [0.1, 0.15) is 0 Å². The topological polar surface area (TPSA) is 0 Å². The first-order valence-electron chi connectivity index (χ1n) is 1.55. The Morgan fingerprint density at radius 2 is 2.50 bits per heavy atom.